The molecule has 0 aliphatic carbocycles. The van der Waals surface area contributed by atoms with E-state index >= 15 is 0 Å². The fraction of sp³-hybridized carbons (Fsp3) is 0.143. The van der Waals surface area contributed by atoms with Crippen LogP contribution >= 0.6 is 39.1 Å². The molecule has 4 heteroatoms. The van der Waals surface area contributed by atoms with Crippen LogP contribution in [-0.4, -0.2) is 0 Å². The van der Waals surface area contributed by atoms with Crippen LogP contribution in [0.3, 0.4) is 0 Å². The molecule has 2 aromatic carbocycles. The number of hydrogen-bond donors (Lipinski definition) is 1. The summed E-state index contributed by atoms with van der Waals surface area (Å²) >= 11 is 15.7. The predicted molar refractivity (Wildman–Crippen MR) is 81.1 cm³/mol. The van der Waals surface area contributed by atoms with Crippen molar-refractivity contribution >= 4 is 39.1 Å². The molecule has 0 aliphatic rings. The second kappa shape index (κ2) is 6.58. The minimum Gasteiger partial charge on any atom is -0.309 e. The Bertz CT molecular complexity index is 523. The van der Waals surface area contributed by atoms with E-state index in [1.165, 1.54) is 5.56 Å². The maximum atomic E-state index is 6.10. The zero-order chi connectivity index (χ0) is 13.0. The van der Waals surface area contributed by atoms with Gasteiger partial charge in [0.05, 0.1) is 0 Å². The summed E-state index contributed by atoms with van der Waals surface area (Å²) in [5, 5.41) is 4.73. The zero-order valence-electron chi connectivity index (χ0n) is 9.59. The molecule has 0 aliphatic heterocycles. The van der Waals surface area contributed by atoms with Crippen LogP contribution in [0.25, 0.3) is 0 Å². The van der Waals surface area contributed by atoms with Gasteiger partial charge in [0.2, 0.25) is 0 Å². The van der Waals surface area contributed by atoms with Crippen LogP contribution in [0, 0.1) is 0 Å². The molecule has 0 atom stereocenters. The number of nitrogens with one attached hydrogen (secondary N) is 1. The molecular weight excluding hydrogens is 333 g/mol. The molecule has 0 saturated carbocycles. The fourth-order valence-corrected chi connectivity index (χ4v) is 2.66. The van der Waals surface area contributed by atoms with E-state index in [2.05, 4.69) is 33.4 Å². The maximum absolute atomic E-state index is 6.10. The molecule has 1 nitrogen and oxygen atoms in total. The molecule has 18 heavy (non-hydrogen) atoms. The van der Waals surface area contributed by atoms with E-state index in [0.29, 0.717) is 16.6 Å². The lowest BCUT2D eigenvalue weighted by atomic mass is 10.2. The van der Waals surface area contributed by atoms with Gasteiger partial charge in [-0.2, -0.15) is 0 Å². The summed E-state index contributed by atoms with van der Waals surface area (Å²) in [6.07, 6.45) is 0. The second-order valence-electron chi connectivity index (χ2n) is 3.93. The van der Waals surface area contributed by atoms with Crippen LogP contribution in [-0.2, 0) is 13.1 Å². The van der Waals surface area contributed by atoms with Gasteiger partial charge in [-0.1, -0.05) is 57.3 Å². The Hall–Kier alpha value is -0.540. The van der Waals surface area contributed by atoms with E-state index in [1.807, 2.05) is 30.3 Å². The van der Waals surface area contributed by atoms with Gasteiger partial charge < -0.3 is 5.32 Å². The van der Waals surface area contributed by atoms with Gasteiger partial charge in [0.25, 0.3) is 0 Å². The van der Waals surface area contributed by atoms with Gasteiger partial charge in [0.1, 0.15) is 0 Å². The highest BCUT2D eigenvalue weighted by molar-refractivity contribution is 9.10. The van der Waals surface area contributed by atoms with Crippen LogP contribution in [0.1, 0.15) is 11.1 Å². The highest BCUT2D eigenvalue weighted by atomic mass is 79.9. The Balaban J connectivity index is 1.97. The molecule has 0 fully saturated rings. The Kier molecular flexibility index (Phi) is 5.07. The van der Waals surface area contributed by atoms with E-state index in [0.717, 1.165) is 16.6 Å². The molecule has 0 spiro atoms. The van der Waals surface area contributed by atoms with Crippen molar-refractivity contribution in [2.75, 3.05) is 0 Å². The Morgan fingerprint density at radius 2 is 1.61 bits per heavy atom. The molecule has 1 N–H and O–H groups in total. The van der Waals surface area contributed by atoms with E-state index in [4.69, 9.17) is 23.2 Å². The Labute approximate surface area is 125 Å². The molecule has 0 heterocycles. The van der Waals surface area contributed by atoms with Crippen LogP contribution in [0.2, 0.25) is 10.0 Å². The molecule has 0 unspecified atom stereocenters. The largest absolute Gasteiger partial charge is 0.309 e. The van der Waals surface area contributed by atoms with Crippen molar-refractivity contribution in [3.05, 3.63) is 68.1 Å². The molecule has 0 aromatic heterocycles. The summed E-state index contributed by atoms with van der Waals surface area (Å²) in [5.74, 6) is 0. The average molecular weight is 345 g/mol. The van der Waals surface area contributed by atoms with E-state index in [1.54, 1.807) is 0 Å². The summed E-state index contributed by atoms with van der Waals surface area (Å²) in [6.45, 7) is 1.44. The zero-order valence-corrected chi connectivity index (χ0v) is 12.7. The predicted octanol–water partition coefficient (Wildman–Crippen LogP) is 5.05. The van der Waals surface area contributed by atoms with Crippen molar-refractivity contribution in [1.29, 1.82) is 0 Å². The first-order valence-corrected chi connectivity index (χ1v) is 7.10. The summed E-state index contributed by atoms with van der Waals surface area (Å²) in [6, 6.07) is 13.7. The SMILES string of the molecule is Clc1cccc(Cl)c1CNCc1cccc(Br)c1. The topological polar surface area (TPSA) is 12.0 Å². The average Bonchev–Trinajstić information content (AvgIpc) is 2.33. The third-order valence-electron chi connectivity index (χ3n) is 2.58. The monoisotopic (exact) mass is 343 g/mol. The van der Waals surface area contributed by atoms with Gasteiger partial charge in [-0.25, -0.2) is 0 Å². The number of hydrogen-bond acceptors (Lipinski definition) is 1. The van der Waals surface area contributed by atoms with Gasteiger partial charge in [-0.05, 0) is 29.8 Å². The number of rotatable bonds is 4. The van der Waals surface area contributed by atoms with Gasteiger partial charge in [-0.15, -0.1) is 0 Å². The molecule has 0 saturated heterocycles. The lowest BCUT2D eigenvalue weighted by Gasteiger charge is -2.09. The van der Waals surface area contributed by atoms with Crippen molar-refractivity contribution in [2.24, 2.45) is 0 Å². The summed E-state index contributed by atoms with van der Waals surface area (Å²) < 4.78 is 1.08. The highest BCUT2D eigenvalue weighted by Gasteiger charge is 2.04. The molecule has 94 valence electrons. The lowest BCUT2D eigenvalue weighted by molar-refractivity contribution is 0.693. The van der Waals surface area contributed by atoms with Crippen LogP contribution in [0.4, 0.5) is 0 Å². The normalized spacial score (nSPS) is 10.6. The lowest BCUT2D eigenvalue weighted by Crippen LogP contribution is -2.13. The van der Waals surface area contributed by atoms with Crippen molar-refractivity contribution in [1.82, 2.24) is 5.32 Å². The molecule has 2 rings (SSSR count). The highest BCUT2D eigenvalue weighted by Crippen LogP contribution is 2.24. The van der Waals surface area contributed by atoms with Crippen molar-refractivity contribution in [3.63, 3.8) is 0 Å². The van der Waals surface area contributed by atoms with Crippen LogP contribution < -0.4 is 5.32 Å². The third kappa shape index (κ3) is 3.72. The smallest absolute Gasteiger partial charge is 0.0465 e. The second-order valence-corrected chi connectivity index (χ2v) is 5.66. The third-order valence-corrected chi connectivity index (χ3v) is 3.78. The first-order chi connectivity index (χ1) is 8.66. The van der Waals surface area contributed by atoms with E-state index in [-0.39, 0.29) is 0 Å². The summed E-state index contributed by atoms with van der Waals surface area (Å²) in [7, 11) is 0. The number of halogens is 3. The molecular formula is C14H12BrCl2N. The van der Waals surface area contributed by atoms with Crippen LogP contribution in [0.15, 0.2) is 46.9 Å². The van der Waals surface area contributed by atoms with Crippen molar-refractivity contribution in [2.45, 2.75) is 13.1 Å². The standard InChI is InChI=1S/C14H12BrCl2N/c15-11-4-1-3-10(7-11)8-18-9-12-13(16)5-2-6-14(12)17/h1-7,18H,8-9H2. The molecule has 0 amide bonds. The van der Waals surface area contributed by atoms with Gasteiger partial charge in [0, 0.05) is 33.2 Å². The minimum atomic E-state index is 0.658. The van der Waals surface area contributed by atoms with Gasteiger partial charge in [0.15, 0.2) is 0 Å². The minimum absolute atomic E-state index is 0.658. The number of benzene rings is 2. The summed E-state index contributed by atoms with van der Waals surface area (Å²) in [5.41, 5.74) is 2.16. The quantitative estimate of drug-likeness (QED) is 0.818. The first-order valence-electron chi connectivity index (χ1n) is 5.55. The maximum Gasteiger partial charge on any atom is 0.0465 e. The van der Waals surface area contributed by atoms with Gasteiger partial charge >= 0.3 is 0 Å². The van der Waals surface area contributed by atoms with Gasteiger partial charge in [-0.3, -0.25) is 0 Å². The van der Waals surface area contributed by atoms with Crippen molar-refractivity contribution < 1.29 is 0 Å². The fourth-order valence-electron chi connectivity index (χ4n) is 1.68. The Morgan fingerprint density at radius 3 is 2.28 bits per heavy atom. The van der Waals surface area contributed by atoms with Crippen LogP contribution in [0.5, 0.6) is 0 Å². The van der Waals surface area contributed by atoms with Crippen molar-refractivity contribution in [3.8, 4) is 0 Å². The van der Waals surface area contributed by atoms with E-state index < -0.39 is 0 Å². The molecule has 0 radical (unpaired) electrons. The Morgan fingerprint density at radius 1 is 0.944 bits per heavy atom. The molecule has 2 aromatic rings. The first kappa shape index (κ1) is 13.9. The van der Waals surface area contributed by atoms with E-state index in [9.17, 15) is 0 Å². The summed E-state index contributed by atoms with van der Waals surface area (Å²) in [4.78, 5) is 0. The molecule has 0 bridgehead atoms.